The lowest BCUT2D eigenvalue weighted by Gasteiger charge is -2.24. The Hall–Kier alpha value is -2.53. The Morgan fingerprint density at radius 1 is 1.19 bits per heavy atom. The number of ether oxygens (including phenoxy) is 1. The molecule has 0 radical (unpaired) electrons. The monoisotopic (exact) mass is 443 g/mol. The minimum absolute atomic E-state index is 0.0617. The van der Waals surface area contributed by atoms with Crippen LogP contribution in [0.2, 0.25) is 5.02 Å². The Bertz CT molecular complexity index is 958. The van der Waals surface area contributed by atoms with Crippen LogP contribution in [0.3, 0.4) is 0 Å². The molecular weight excluding hydrogens is 414 g/mol. The lowest BCUT2D eigenvalue weighted by molar-refractivity contribution is -0.137. The molecule has 2 aromatic rings. The van der Waals surface area contributed by atoms with Gasteiger partial charge in [0.15, 0.2) is 0 Å². The molecule has 0 aromatic heterocycles. The van der Waals surface area contributed by atoms with Gasteiger partial charge < -0.3 is 14.7 Å². The van der Waals surface area contributed by atoms with Crippen molar-refractivity contribution in [2.45, 2.75) is 52.1 Å². The molecule has 0 saturated carbocycles. The largest absolute Gasteiger partial charge is 0.487 e. The van der Waals surface area contributed by atoms with Gasteiger partial charge in [-0.05, 0) is 54.7 Å². The molecule has 0 spiro atoms. The second-order valence-electron chi connectivity index (χ2n) is 8.94. The molecule has 1 heterocycles. The van der Waals surface area contributed by atoms with Crippen molar-refractivity contribution in [2.24, 2.45) is 5.92 Å². The van der Waals surface area contributed by atoms with Crippen molar-refractivity contribution in [2.75, 3.05) is 13.1 Å². The van der Waals surface area contributed by atoms with Crippen molar-refractivity contribution in [3.63, 3.8) is 0 Å². The van der Waals surface area contributed by atoms with Gasteiger partial charge in [0.25, 0.3) is 5.91 Å². The summed E-state index contributed by atoms with van der Waals surface area (Å²) in [4.78, 5) is 25.8. The van der Waals surface area contributed by atoms with Crippen molar-refractivity contribution in [3.8, 4) is 5.75 Å². The Labute approximate surface area is 189 Å². The zero-order chi connectivity index (χ0) is 22.6. The highest BCUT2D eigenvalue weighted by Gasteiger charge is 2.36. The number of carbonyl (C=O) groups is 2. The van der Waals surface area contributed by atoms with Crippen LogP contribution in [0.5, 0.6) is 5.75 Å². The third kappa shape index (κ3) is 6.01. The van der Waals surface area contributed by atoms with Gasteiger partial charge in [-0.15, -0.1) is 0 Å². The second-order valence-corrected chi connectivity index (χ2v) is 9.35. The van der Waals surface area contributed by atoms with E-state index in [1.165, 1.54) is 0 Å². The lowest BCUT2D eigenvalue weighted by atomic mass is 9.91. The van der Waals surface area contributed by atoms with Gasteiger partial charge >= 0.3 is 5.97 Å². The number of halogens is 1. The first kappa shape index (κ1) is 23.1. The van der Waals surface area contributed by atoms with Gasteiger partial charge in [0.2, 0.25) is 0 Å². The second kappa shape index (κ2) is 9.73. The average molecular weight is 444 g/mol. The first-order chi connectivity index (χ1) is 14.7. The topological polar surface area (TPSA) is 66.8 Å². The SMILES string of the molecule is CC(C)CCN(CCC(=O)O)C(=O)c1ccc2c(c1)C[C@](C)(Cc1ccccc1Cl)O2. The summed E-state index contributed by atoms with van der Waals surface area (Å²) in [5, 5.41) is 9.77. The van der Waals surface area contributed by atoms with E-state index >= 15 is 0 Å². The van der Waals surface area contributed by atoms with Gasteiger partial charge in [-0.3, -0.25) is 9.59 Å². The summed E-state index contributed by atoms with van der Waals surface area (Å²) in [7, 11) is 0. The minimum atomic E-state index is -0.903. The number of fused-ring (bicyclic) bond motifs is 1. The third-order valence-electron chi connectivity index (χ3n) is 5.61. The van der Waals surface area contributed by atoms with Crippen LogP contribution in [0.1, 0.15) is 55.1 Å². The molecule has 1 atom stereocenters. The Morgan fingerprint density at radius 2 is 1.94 bits per heavy atom. The van der Waals surface area contributed by atoms with Crippen molar-refractivity contribution in [1.82, 2.24) is 4.90 Å². The first-order valence-corrected chi connectivity index (χ1v) is 11.1. The van der Waals surface area contributed by atoms with Crippen molar-refractivity contribution in [3.05, 3.63) is 64.2 Å². The smallest absolute Gasteiger partial charge is 0.305 e. The minimum Gasteiger partial charge on any atom is -0.487 e. The van der Waals surface area contributed by atoms with E-state index in [0.29, 0.717) is 30.9 Å². The van der Waals surface area contributed by atoms with E-state index in [1.54, 1.807) is 11.0 Å². The standard InChI is InChI=1S/C25H30ClNO4/c1-17(2)10-12-27(13-11-23(28)29)24(30)18-8-9-22-20(14-18)16-25(3,31-22)15-19-6-4-5-7-21(19)26/h4-9,14,17H,10-13,15-16H2,1-3H3,(H,28,29)/t25-/m0/s1. The van der Waals surface area contributed by atoms with Crippen molar-refractivity contribution < 1.29 is 19.4 Å². The van der Waals surface area contributed by atoms with E-state index in [0.717, 1.165) is 28.3 Å². The van der Waals surface area contributed by atoms with E-state index < -0.39 is 11.6 Å². The number of nitrogens with zero attached hydrogens (tertiary/aromatic N) is 1. The number of hydrogen-bond acceptors (Lipinski definition) is 3. The fourth-order valence-corrected chi connectivity index (χ4v) is 4.14. The average Bonchev–Trinajstić information content (AvgIpc) is 3.04. The number of benzene rings is 2. The van der Waals surface area contributed by atoms with Crippen LogP contribution in [-0.4, -0.2) is 40.6 Å². The number of carbonyl (C=O) groups excluding carboxylic acids is 1. The number of aliphatic carboxylic acids is 1. The highest BCUT2D eigenvalue weighted by molar-refractivity contribution is 6.31. The summed E-state index contributed by atoms with van der Waals surface area (Å²) in [5.74, 6) is 0.175. The maximum atomic E-state index is 13.1. The molecular formula is C25H30ClNO4. The Kier molecular flexibility index (Phi) is 7.26. The molecule has 1 aliphatic heterocycles. The number of hydrogen-bond donors (Lipinski definition) is 1. The number of amides is 1. The summed E-state index contributed by atoms with van der Waals surface area (Å²) in [6.07, 6.45) is 2.11. The van der Waals surface area contributed by atoms with E-state index in [-0.39, 0.29) is 18.9 Å². The number of rotatable bonds is 9. The van der Waals surface area contributed by atoms with Crippen LogP contribution in [0.4, 0.5) is 0 Å². The summed E-state index contributed by atoms with van der Waals surface area (Å²) in [5.41, 5.74) is 2.15. The lowest BCUT2D eigenvalue weighted by Crippen LogP contribution is -2.34. The molecule has 31 heavy (non-hydrogen) atoms. The Balaban J connectivity index is 1.75. The highest BCUT2D eigenvalue weighted by atomic mass is 35.5. The molecule has 0 saturated heterocycles. The van der Waals surface area contributed by atoms with Crippen molar-refractivity contribution in [1.29, 1.82) is 0 Å². The molecule has 0 aliphatic carbocycles. The number of carboxylic acid groups (broad SMARTS) is 1. The summed E-state index contributed by atoms with van der Waals surface area (Å²) >= 11 is 6.33. The molecule has 0 unspecified atom stereocenters. The Morgan fingerprint density at radius 3 is 2.61 bits per heavy atom. The van der Waals surface area contributed by atoms with Gasteiger partial charge in [-0.2, -0.15) is 0 Å². The molecule has 166 valence electrons. The molecule has 0 bridgehead atoms. The van der Waals surface area contributed by atoms with Gasteiger partial charge in [0.1, 0.15) is 11.4 Å². The zero-order valence-electron chi connectivity index (χ0n) is 18.4. The highest BCUT2D eigenvalue weighted by Crippen LogP contribution is 2.38. The van der Waals surface area contributed by atoms with Crippen molar-refractivity contribution >= 4 is 23.5 Å². The van der Waals surface area contributed by atoms with Gasteiger partial charge in [0.05, 0.1) is 6.42 Å². The zero-order valence-corrected chi connectivity index (χ0v) is 19.1. The van der Waals surface area contributed by atoms with Crippen LogP contribution < -0.4 is 4.74 Å². The quantitative estimate of drug-likeness (QED) is 0.575. The molecule has 2 aromatic carbocycles. The molecule has 1 N–H and O–H groups in total. The maximum absolute atomic E-state index is 13.1. The van der Waals surface area contributed by atoms with Gasteiger partial charge in [-0.1, -0.05) is 43.6 Å². The van der Waals surface area contributed by atoms with Crippen LogP contribution >= 0.6 is 11.6 Å². The van der Waals surface area contributed by atoms with Gasteiger partial charge in [0, 0.05) is 36.5 Å². The molecule has 6 heteroatoms. The molecule has 3 rings (SSSR count). The van der Waals surface area contributed by atoms with E-state index in [2.05, 4.69) is 20.8 Å². The van der Waals surface area contributed by atoms with Crippen LogP contribution in [-0.2, 0) is 17.6 Å². The predicted octanol–water partition coefficient (Wildman–Crippen LogP) is 5.24. The first-order valence-electron chi connectivity index (χ1n) is 10.7. The fraction of sp³-hybridized carbons (Fsp3) is 0.440. The van der Waals surface area contributed by atoms with E-state index in [4.69, 9.17) is 21.4 Å². The summed E-state index contributed by atoms with van der Waals surface area (Å²) in [6.45, 7) is 6.98. The summed E-state index contributed by atoms with van der Waals surface area (Å²) < 4.78 is 6.25. The van der Waals surface area contributed by atoms with Crippen LogP contribution in [0.25, 0.3) is 0 Å². The molecule has 0 fully saturated rings. The van der Waals surface area contributed by atoms with E-state index in [9.17, 15) is 9.59 Å². The van der Waals surface area contributed by atoms with Gasteiger partial charge in [-0.25, -0.2) is 0 Å². The maximum Gasteiger partial charge on any atom is 0.305 e. The normalized spacial score (nSPS) is 17.3. The van der Waals surface area contributed by atoms with Crippen LogP contribution in [0.15, 0.2) is 42.5 Å². The predicted molar refractivity (Wildman–Crippen MR) is 122 cm³/mol. The molecule has 5 nitrogen and oxygen atoms in total. The van der Waals surface area contributed by atoms with E-state index in [1.807, 2.05) is 36.4 Å². The number of carboxylic acids is 1. The summed E-state index contributed by atoms with van der Waals surface area (Å²) in [6, 6.07) is 13.3. The molecule has 1 amide bonds. The fourth-order valence-electron chi connectivity index (χ4n) is 3.94. The van der Waals surface area contributed by atoms with Crippen LogP contribution in [0, 0.1) is 5.92 Å². The molecule has 1 aliphatic rings. The third-order valence-corrected chi connectivity index (χ3v) is 5.98.